The summed E-state index contributed by atoms with van der Waals surface area (Å²) in [5.74, 6) is -0.963. The highest BCUT2D eigenvalue weighted by Gasteiger charge is 2.17. The molecule has 2 rings (SSSR count). The van der Waals surface area contributed by atoms with Crippen LogP contribution in [0.1, 0.15) is 32.2 Å². The summed E-state index contributed by atoms with van der Waals surface area (Å²) < 4.78 is 31.0. The van der Waals surface area contributed by atoms with Crippen LogP contribution in [0.15, 0.2) is 22.7 Å². The van der Waals surface area contributed by atoms with E-state index in [1.807, 2.05) is 13.8 Å². The number of hydrogen-bond donors (Lipinski definition) is 1. The van der Waals surface area contributed by atoms with Gasteiger partial charge in [0.25, 0.3) is 0 Å². The van der Waals surface area contributed by atoms with Crippen LogP contribution in [-0.4, -0.2) is 10.1 Å². The molecule has 1 unspecified atom stereocenters. The summed E-state index contributed by atoms with van der Waals surface area (Å²) in [5, 5.41) is 3.73. The molecule has 0 amide bonds. The first-order valence-corrected chi connectivity index (χ1v) is 6.02. The van der Waals surface area contributed by atoms with Gasteiger partial charge in [-0.05, 0) is 30.5 Å². The molecule has 1 atom stereocenters. The van der Waals surface area contributed by atoms with Crippen LogP contribution in [0.4, 0.5) is 8.78 Å². The Morgan fingerprint density at radius 1 is 1.26 bits per heavy atom. The van der Waals surface area contributed by atoms with Crippen LogP contribution in [0.3, 0.4) is 0 Å². The molecule has 1 aromatic heterocycles. The third kappa shape index (κ3) is 3.14. The second-order valence-electron chi connectivity index (χ2n) is 4.82. The van der Waals surface area contributed by atoms with Crippen molar-refractivity contribution in [3.05, 3.63) is 35.7 Å². The van der Waals surface area contributed by atoms with Gasteiger partial charge in [-0.2, -0.15) is 4.98 Å². The fourth-order valence-electron chi connectivity index (χ4n) is 1.75. The number of hydrogen-bond acceptors (Lipinski definition) is 4. The van der Waals surface area contributed by atoms with Gasteiger partial charge >= 0.3 is 0 Å². The van der Waals surface area contributed by atoms with E-state index < -0.39 is 11.6 Å². The first-order valence-electron chi connectivity index (χ1n) is 6.02. The van der Waals surface area contributed by atoms with Crippen molar-refractivity contribution in [2.75, 3.05) is 0 Å². The summed E-state index contributed by atoms with van der Waals surface area (Å²) in [5.41, 5.74) is 6.26. The first-order chi connectivity index (χ1) is 8.97. The molecule has 0 spiro atoms. The van der Waals surface area contributed by atoms with Gasteiger partial charge in [0, 0.05) is 5.56 Å². The van der Waals surface area contributed by atoms with Gasteiger partial charge in [-0.1, -0.05) is 19.0 Å². The zero-order chi connectivity index (χ0) is 14.0. The number of rotatable bonds is 4. The van der Waals surface area contributed by atoms with Crippen molar-refractivity contribution in [2.24, 2.45) is 11.7 Å². The highest BCUT2D eigenvalue weighted by Crippen LogP contribution is 2.22. The topological polar surface area (TPSA) is 64.9 Å². The molecule has 1 heterocycles. The van der Waals surface area contributed by atoms with Crippen molar-refractivity contribution in [2.45, 2.75) is 26.3 Å². The Morgan fingerprint density at radius 3 is 2.63 bits per heavy atom. The Hall–Kier alpha value is -1.82. The normalized spacial score (nSPS) is 12.9. The predicted octanol–water partition coefficient (Wildman–Crippen LogP) is 3.06. The fraction of sp³-hybridized carbons (Fsp3) is 0.385. The Kier molecular flexibility index (Phi) is 3.90. The van der Waals surface area contributed by atoms with E-state index in [1.165, 1.54) is 6.07 Å². The number of nitrogens with two attached hydrogens (primary N) is 1. The van der Waals surface area contributed by atoms with Crippen LogP contribution in [-0.2, 0) is 0 Å². The summed E-state index contributed by atoms with van der Waals surface area (Å²) >= 11 is 0. The standard InChI is InChI=1S/C13H15F2N3O/c1-7(2)5-11(16)13-17-12(18-19-13)8-3-4-9(14)10(15)6-8/h3-4,6-7,11H,5,16H2,1-2H3. The Balaban J connectivity index is 2.22. The minimum absolute atomic E-state index is 0.202. The molecule has 6 heteroatoms. The monoisotopic (exact) mass is 267 g/mol. The number of aromatic nitrogens is 2. The summed E-state index contributed by atoms with van der Waals surface area (Å²) in [6.45, 7) is 4.07. The number of halogens is 2. The van der Waals surface area contributed by atoms with E-state index in [1.54, 1.807) is 0 Å². The van der Waals surface area contributed by atoms with Gasteiger partial charge in [-0.25, -0.2) is 8.78 Å². The lowest BCUT2D eigenvalue weighted by molar-refractivity contribution is 0.335. The quantitative estimate of drug-likeness (QED) is 0.924. The lowest BCUT2D eigenvalue weighted by Crippen LogP contribution is -2.13. The minimum atomic E-state index is -0.949. The molecular formula is C13H15F2N3O. The maximum absolute atomic E-state index is 13.1. The largest absolute Gasteiger partial charge is 0.337 e. The van der Waals surface area contributed by atoms with E-state index in [4.69, 9.17) is 10.3 Å². The van der Waals surface area contributed by atoms with Crippen molar-refractivity contribution in [1.29, 1.82) is 0 Å². The molecule has 0 bridgehead atoms. The third-order valence-electron chi connectivity index (χ3n) is 2.66. The van der Waals surface area contributed by atoms with Gasteiger partial charge in [0.15, 0.2) is 11.6 Å². The smallest absolute Gasteiger partial charge is 0.243 e. The van der Waals surface area contributed by atoms with Gasteiger partial charge in [0.1, 0.15) is 0 Å². The van der Waals surface area contributed by atoms with Crippen LogP contribution >= 0.6 is 0 Å². The minimum Gasteiger partial charge on any atom is -0.337 e. The second-order valence-corrected chi connectivity index (χ2v) is 4.82. The van der Waals surface area contributed by atoms with Gasteiger partial charge in [0.2, 0.25) is 11.7 Å². The predicted molar refractivity (Wildman–Crippen MR) is 66.0 cm³/mol. The molecule has 0 saturated carbocycles. The van der Waals surface area contributed by atoms with Crippen molar-refractivity contribution in [3.63, 3.8) is 0 Å². The van der Waals surface area contributed by atoms with E-state index in [2.05, 4.69) is 10.1 Å². The second kappa shape index (κ2) is 5.44. The van der Waals surface area contributed by atoms with E-state index in [0.29, 0.717) is 23.8 Å². The average Bonchev–Trinajstić information content (AvgIpc) is 2.81. The van der Waals surface area contributed by atoms with Crippen LogP contribution in [0.5, 0.6) is 0 Å². The molecule has 1 aromatic carbocycles. The molecule has 102 valence electrons. The van der Waals surface area contributed by atoms with Crippen molar-refractivity contribution in [1.82, 2.24) is 10.1 Å². The zero-order valence-electron chi connectivity index (χ0n) is 10.7. The lowest BCUT2D eigenvalue weighted by Gasteiger charge is -2.08. The highest BCUT2D eigenvalue weighted by atomic mass is 19.2. The van der Waals surface area contributed by atoms with Crippen molar-refractivity contribution < 1.29 is 13.3 Å². The Morgan fingerprint density at radius 2 is 2.00 bits per heavy atom. The fourth-order valence-corrected chi connectivity index (χ4v) is 1.75. The van der Waals surface area contributed by atoms with E-state index >= 15 is 0 Å². The van der Waals surface area contributed by atoms with Crippen LogP contribution in [0, 0.1) is 17.6 Å². The molecule has 2 aromatic rings. The van der Waals surface area contributed by atoms with Crippen molar-refractivity contribution in [3.8, 4) is 11.4 Å². The molecule has 0 aliphatic carbocycles. The summed E-state index contributed by atoms with van der Waals surface area (Å²) in [4.78, 5) is 4.11. The van der Waals surface area contributed by atoms with Crippen LogP contribution in [0.25, 0.3) is 11.4 Å². The summed E-state index contributed by atoms with van der Waals surface area (Å²) in [6.07, 6.45) is 0.708. The van der Waals surface area contributed by atoms with Crippen LogP contribution < -0.4 is 5.73 Å². The van der Waals surface area contributed by atoms with E-state index in [9.17, 15) is 8.78 Å². The van der Waals surface area contributed by atoms with Gasteiger partial charge in [0.05, 0.1) is 6.04 Å². The number of benzene rings is 1. The molecular weight excluding hydrogens is 252 g/mol. The molecule has 2 N–H and O–H groups in total. The molecule has 0 aliphatic heterocycles. The van der Waals surface area contributed by atoms with Gasteiger partial charge < -0.3 is 10.3 Å². The zero-order valence-corrected chi connectivity index (χ0v) is 10.7. The SMILES string of the molecule is CC(C)CC(N)c1nc(-c2ccc(F)c(F)c2)no1. The molecule has 4 nitrogen and oxygen atoms in total. The van der Waals surface area contributed by atoms with Crippen molar-refractivity contribution >= 4 is 0 Å². The molecule has 0 radical (unpaired) electrons. The maximum Gasteiger partial charge on any atom is 0.243 e. The summed E-state index contributed by atoms with van der Waals surface area (Å²) in [6, 6.07) is 3.08. The molecule has 19 heavy (non-hydrogen) atoms. The molecule has 0 saturated heterocycles. The summed E-state index contributed by atoms with van der Waals surface area (Å²) in [7, 11) is 0. The lowest BCUT2D eigenvalue weighted by atomic mass is 10.0. The van der Waals surface area contributed by atoms with Gasteiger partial charge in [-0.15, -0.1) is 0 Å². The number of nitrogens with zero attached hydrogens (tertiary/aromatic N) is 2. The third-order valence-corrected chi connectivity index (χ3v) is 2.66. The first kappa shape index (κ1) is 13.6. The van der Waals surface area contributed by atoms with E-state index in [-0.39, 0.29) is 11.9 Å². The Bertz CT molecular complexity index is 569. The van der Waals surface area contributed by atoms with Crippen LogP contribution in [0.2, 0.25) is 0 Å². The molecule has 0 aliphatic rings. The Labute approximate surface area is 109 Å². The highest BCUT2D eigenvalue weighted by molar-refractivity contribution is 5.54. The van der Waals surface area contributed by atoms with Gasteiger partial charge in [-0.3, -0.25) is 0 Å². The average molecular weight is 267 g/mol. The maximum atomic E-state index is 13.1. The molecule has 0 fully saturated rings. The van der Waals surface area contributed by atoms with E-state index in [0.717, 1.165) is 12.1 Å².